The Balaban J connectivity index is 1.98. The molecule has 4 heteroatoms. The number of nitrogens with two attached hydrogens (primary N) is 1. The average Bonchev–Trinajstić information content (AvgIpc) is 2.62. The van der Waals surface area contributed by atoms with Gasteiger partial charge in [-0.1, -0.05) is 24.3 Å². The number of rotatable bonds is 0. The lowest BCUT2D eigenvalue weighted by Crippen LogP contribution is -2.16. The van der Waals surface area contributed by atoms with E-state index >= 15 is 0 Å². The van der Waals surface area contributed by atoms with Gasteiger partial charge in [-0.05, 0) is 42.0 Å². The van der Waals surface area contributed by atoms with Gasteiger partial charge in [0.2, 0.25) is 0 Å². The van der Waals surface area contributed by atoms with Gasteiger partial charge < -0.3 is 5.84 Å². The summed E-state index contributed by atoms with van der Waals surface area (Å²) in [5, 5.41) is 8.01. The van der Waals surface area contributed by atoms with E-state index in [9.17, 15) is 0 Å². The number of fused-ring (bicyclic) bond motifs is 2. The molecule has 4 nitrogen and oxygen atoms in total. The fourth-order valence-corrected chi connectivity index (χ4v) is 2.35. The summed E-state index contributed by atoms with van der Waals surface area (Å²) in [5.41, 5.74) is 4.99. The third-order valence-corrected chi connectivity index (χ3v) is 3.25. The normalized spacial score (nSPS) is 14.8. The maximum atomic E-state index is 5.74. The standard InChI is InChI=1S/C12H14N4/c13-16-12-8-6-10-4-2-1-3-9(10)5-7-11(12)14-15-16/h1-4H,5-8,13H2. The van der Waals surface area contributed by atoms with Crippen LogP contribution in [0.15, 0.2) is 24.3 Å². The molecule has 0 bridgehead atoms. The van der Waals surface area contributed by atoms with Gasteiger partial charge >= 0.3 is 0 Å². The Hall–Kier alpha value is -1.84. The van der Waals surface area contributed by atoms with E-state index in [1.807, 2.05) is 0 Å². The van der Waals surface area contributed by atoms with Crippen LogP contribution in [0.25, 0.3) is 0 Å². The maximum absolute atomic E-state index is 5.74. The zero-order valence-electron chi connectivity index (χ0n) is 9.06. The summed E-state index contributed by atoms with van der Waals surface area (Å²) in [4.78, 5) is 1.42. The highest BCUT2D eigenvalue weighted by Crippen LogP contribution is 2.19. The van der Waals surface area contributed by atoms with Gasteiger partial charge in [0.05, 0.1) is 11.4 Å². The quantitative estimate of drug-likeness (QED) is 0.662. The van der Waals surface area contributed by atoms with Crippen LogP contribution in [-0.2, 0) is 25.7 Å². The van der Waals surface area contributed by atoms with Crippen molar-refractivity contribution in [3.63, 3.8) is 0 Å². The summed E-state index contributed by atoms with van der Waals surface area (Å²) < 4.78 is 0. The predicted octanol–water partition coefficient (Wildman–Crippen LogP) is 0.876. The van der Waals surface area contributed by atoms with Gasteiger partial charge in [-0.2, -0.15) is 4.79 Å². The molecule has 2 N–H and O–H groups in total. The molecule has 0 spiro atoms. The van der Waals surface area contributed by atoms with Crippen molar-refractivity contribution in [2.45, 2.75) is 25.7 Å². The first-order valence-electron chi connectivity index (χ1n) is 5.60. The second kappa shape index (κ2) is 3.63. The van der Waals surface area contributed by atoms with E-state index in [4.69, 9.17) is 5.84 Å². The third-order valence-electron chi connectivity index (χ3n) is 3.25. The van der Waals surface area contributed by atoms with E-state index in [1.165, 1.54) is 15.9 Å². The molecule has 0 radical (unpaired) electrons. The van der Waals surface area contributed by atoms with Crippen LogP contribution in [0, 0.1) is 0 Å². The van der Waals surface area contributed by atoms with Crippen LogP contribution in [-0.4, -0.2) is 15.1 Å². The first-order valence-corrected chi connectivity index (χ1v) is 5.60. The van der Waals surface area contributed by atoms with Crippen molar-refractivity contribution in [2.75, 3.05) is 5.84 Å². The molecule has 0 saturated carbocycles. The Morgan fingerprint density at radius 3 is 2.44 bits per heavy atom. The monoisotopic (exact) mass is 214 g/mol. The van der Waals surface area contributed by atoms with Crippen LogP contribution >= 0.6 is 0 Å². The average molecular weight is 214 g/mol. The highest BCUT2D eigenvalue weighted by Gasteiger charge is 2.15. The van der Waals surface area contributed by atoms with Gasteiger partial charge in [-0.3, -0.25) is 0 Å². The maximum Gasteiger partial charge on any atom is 0.0884 e. The highest BCUT2D eigenvalue weighted by atomic mass is 15.6. The molecule has 2 aromatic rings. The fourth-order valence-electron chi connectivity index (χ4n) is 2.35. The number of hydrogen-bond donors (Lipinski definition) is 1. The molecular weight excluding hydrogens is 200 g/mol. The Morgan fingerprint density at radius 1 is 1.00 bits per heavy atom. The highest BCUT2D eigenvalue weighted by molar-refractivity contribution is 5.31. The van der Waals surface area contributed by atoms with E-state index in [2.05, 4.69) is 34.6 Å². The Labute approximate surface area is 94.0 Å². The third kappa shape index (κ3) is 1.46. The molecule has 1 heterocycles. The molecule has 0 fully saturated rings. The number of benzene rings is 1. The lowest BCUT2D eigenvalue weighted by Gasteiger charge is -2.13. The second-order valence-electron chi connectivity index (χ2n) is 4.20. The van der Waals surface area contributed by atoms with Crippen LogP contribution < -0.4 is 5.84 Å². The predicted molar refractivity (Wildman–Crippen MR) is 61.4 cm³/mol. The molecule has 1 aliphatic carbocycles. The zero-order chi connectivity index (χ0) is 11.0. The van der Waals surface area contributed by atoms with Crippen molar-refractivity contribution in [3.05, 3.63) is 46.8 Å². The minimum Gasteiger partial charge on any atom is -0.322 e. The van der Waals surface area contributed by atoms with E-state index in [0.29, 0.717) is 0 Å². The molecular formula is C12H14N4. The number of aryl methyl sites for hydroxylation is 3. The van der Waals surface area contributed by atoms with Crippen LogP contribution in [0.4, 0.5) is 0 Å². The Bertz CT molecular complexity index is 515. The Kier molecular flexibility index (Phi) is 2.13. The van der Waals surface area contributed by atoms with Gasteiger partial charge in [-0.25, -0.2) is 0 Å². The summed E-state index contributed by atoms with van der Waals surface area (Å²) in [6.07, 6.45) is 3.91. The molecule has 1 aromatic carbocycles. The smallest absolute Gasteiger partial charge is 0.0884 e. The lowest BCUT2D eigenvalue weighted by atomic mass is 9.94. The van der Waals surface area contributed by atoms with Gasteiger partial charge in [0.15, 0.2) is 0 Å². The molecule has 0 saturated heterocycles. The van der Waals surface area contributed by atoms with Gasteiger partial charge in [-0.15, -0.1) is 5.10 Å². The minimum atomic E-state index is 0.926. The summed E-state index contributed by atoms with van der Waals surface area (Å²) in [6, 6.07) is 8.60. The molecule has 1 aromatic heterocycles. The van der Waals surface area contributed by atoms with Crippen molar-refractivity contribution < 1.29 is 0 Å². The molecule has 0 unspecified atom stereocenters. The van der Waals surface area contributed by atoms with Crippen molar-refractivity contribution in [2.24, 2.45) is 0 Å². The first-order chi connectivity index (χ1) is 7.84. The number of aromatic nitrogens is 3. The molecule has 82 valence electrons. The molecule has 16 heavy (non-hydrogen) atoms. The molecule has 3 rings (SSSR count). The number of nitrogens with zero attached hydrogens (tertiary/aromatic N) is 3. The summed E-state index contributed by atoms with van der Waals surface area (Å²) >= 11 is 0. The molecule has 0 atom stereocenters. The fraction of sp³-hybridized carbons (Fsp3) is 0.333. The van der Waals surface area contributed by atoms with E-state index in [0.717, 1.165) is 37.1 Å². The zero-order valence-corrected chi connectivity index (χ0v) is 9.06. The first kappa shape index (κ1) is 9.39. The molecule has 1 aliphatic rings. The van der Waals surface area contributed by atoms with Crippen molar-refractivity contribution in [1.82, 2.24) is 15.1 Å². The van der Waals surface area contributed by atoms with Gasteiger partial charge in [0.1, 0.15) is 0 Å². The summed E-state index contributed by atoms with van der Waals surface area (Å²) in [6.45, 7) is 0. The number of nitrogen functional groups attached to an aromatic ring is 1. The van der Waals surface area contributed by atoms with E-state index in [1.54, 1.807) is 0 Å². The van der Waals surface area contributed by atoms with E-state index < -0.39 is 0 Å². The topological polar surface area (TPSA) is 56.7 Å². The lowest BCUT2D eigenvalue weighted by molar-refractivity contribution is 0.714. The second-order valence-corrected chi connectivity index (χ2v) is 4.20. The summed E-state index contributed by atoms with van der Waals surface area (Å²) in [5.74, 6) is 5.74. The largest absolute Gasteiger partial charge is 0.322 e. The van der Waals surface area contributed by atoms with Gasteiger partial charge in [0, 0.05) is 0 Å². The Morgan fingerprint density at radius 2 is 1.69 bits per heavy atom. The summed E-state index contributed by atoms with van der Waals surface area (Å²) in [7, 11) is 0. The minimum absolute atomic E-state index is 0.926. The van der Waals surface area contributed by atoms with E-state index in [-0.39, 0.29) is 0 Å². The van der Waals surface area contributed by atoms with Gasteiger partial charge in [0.25, 0.3) is 0 Å². The molecule has 0 aliphatic heterocycles. The van der Waals surface area contributed by atoms with Crippen molar-refractivity contribution >= 4 is 0 Å². The molecule has 0 amide bonds. The van der Waals surface area contributed by atoms with Crippen molar-refractivity contribution in [3.8, 4) is 0 Å². The SMILES string of the molecule is Nn1nnc2c1CCc1ccccc1CC2. The van der Waals surface area contributed by atoms with Crippen molar-refractivity contribution in [1.29, 1.82) is 0 Å². The van der Waals surface area contributed by atoms with Crippen LogP contribution in [0.3, 0.4) is 0 Å². The number of hydrogen-bond acceptors (Lipinski definition) is 3. The van der Waals surface area contributed by atoms with Crippen LogP contribution in [0.2, 0.25) is 0 Å². The van der Waals surface area contributed by atoms with Crippen LogP contribution in [0.1, 0.15) is 22.5 Å². The van der Waals surface area contributed by atoms with Crippen LogP contribution in [0.5, 0.6) is 0 Å².